The van der Waals surface area contributed by atoms with Crippen LogP contribution in [0, 0.1) is 5.92 Å². The second-order valence-corrected chi connectivity index (χ2v) is 3.94. The molecule has 0 saturated heterocycles. The summed E-state index contributed by atoms with van der Waals surface area (Å²) in [4.78, 5) is 13.6. The van der Waals surface area contributed by atoms with Gasteiger partial charge in [-0.25, -0.2) is 0 Å². The predicted molar refractivity (Wildman–Crippen MR) is 50.5 cm³/mol. The van der Waals surface area contributed by atoms with Gasteiger partial charge in [0.1, 0.15) is 5.76 Å². The van der Waals surface area contributed by atoms with Crippen molar-refractivity contribution in [3.05, 3.63) is 17.5 Å². The van der Waals surface area contributed by atoms with E-state index in [0.29, 0.717) is 6.54 Å². The first-order valence-electron chi connectivity index (χ1n) is 4.89. The average Bonchev–Trinajstić information content (AvgIpc) is 2.62. The maximum Gasteiger partial charge on any atom is 0.225 e. The smallest absolute Gasteiger partial charge is 0.225 e. The van der Waals surface area contributed by atoms with Crippen LogP contribution in [0.3, 0.4) is 0 Å². The van der Waals surface area contributed by atoms with E-state index in [4.69, 9.17) is 4.52 Å². The molecule has 0 saturated carbocycles. The van der Waals surface area contributed by atoms with Crippen molar-refractivity contribution in [3.8, 4) is 0 Å². The maximum absolute atomic E-state index is 11.7. The van der Waals surface area contributed by atoms with Gasteiger partial charge in [0, 0.05) is 24.4 Å². The molecule has 1 amide bonds. The molecule has 1 aromatic heterocycles. The minimum absolute atomic E-state index is 0.0661. The summed E-state index contributed by atoms with van der Waals surface area (Å²) in [6.07, 6.45) is 2.49. The van der Waals surface area contributed by atoms with Crippen LogP contribution in [0.1, 0.15) is 25.2 Å². The van der Waals surface area contributed by atoms with Gasteiger partial charge in [0.25, 0.3) is 0 Å². The molecular weight excluding hydrogens is 180 g/mol. The lowest BCUT2D eigenvalue weighted by Crippen LogP contribution is -2.37. The number of carbonyl (C=O) groups is 1. The van der Waals surface area contributed by atoms with Crippen molar-refractivity contribution in [1.82, 2.24) is 10.1 Å². The molecule has 14 heavy (non-hydrogen) atoms. The topological polar surface area (TPSA) is 46.3 Å². The Hall–Kier alpha value is -1.32. The normalized spacial score (nSPS) is 15.8. The van der Waals surface area contributed by atoms with Crippen LogP contribution < -0.4 is 0 Å². The maximum atomic E-state index is 11.7. The van der Waals surface area contributed by atoms with Crippen molar-refractivity contribution >= 4 is 5.91 Å². The minimum Gasteiger partial charge on any atom is -0.361 e. The van der Waals surface area contributed by atoms with E-state index in [1.807, 2.05) is 18.7 Å². The van der Waals surface area contributed by atoms with Gasteiger partial charge in [-0.1, -0.05) is 19.0 Å². The quantitative estimate of drug-likeness (QED) is 0.675. The van der Waals surface area contributed by atoms with Crippen LogP contribution in [0.4, 0.5) is 0 Å². The van der Waals surface area contributed by atoms with Crippen molar-refractivity contribution < 1.29 is 9.32 Å². The van der Waals surface area contributed by atoms with Gasteiger partial charge in [0.15, 0.2) is 0 Å². The fourth-order valence-electron chi connectivity index (χ4n) is 1.69. The van der Waals surface area contributed by atoms with Gasteiger partial charge in [-0.3, -0.25) is 4.79 Å². The van der Waals surface area contributed by atoms with E-state index in [0.717, 1.165) is 24.3 Å². The summed E-state index contributed by atoms with van der Waals surface area (Å²) in [6, 6.07) is 0. The van der Waals surface area contributed by atoms with Crippen LogP contribution in [0.25, 0.3) is 0 Å². The first-order chi connectivity index (χ1) is 6.68. The zero-order chi connectivity index (χ0) is 10.1. The van der Waals surface area contributed by atoms with Gasteiger partial charge < -0.3 is 9.42 Å². The van der Waals surface area contributed by atoms with Crippen molar-refractivity contribution in [3.63, 3.8) is 0 Å². The third kappa shape index (κ3) is 1.52. The summed E-state index contributed by atoms with van der Waals surface area (Å²) in [6.45, 7) is 5.24. The van der Waals surface area contributed by atoms with Gasteiger partial charge in [0.05, 0.1) is 12.7 Å². The zero-order valence-electron chi connectivity index (χ0n) is 8.49. The van der Waals surface area contributed by atoms with E-state index in [2.05, 4.69) is 5.16 Å². The summed E-state index contributed by atoms with van der Waals surface area (Å²) in [5, 5.41) is 3.73. The first-order valence-corrected chi connectivity index (χ1v) is 4.89. The van der Waals surface area contributed by atoms with E-state index in [9.17, 15) is 4.79 Å². The lowest BCUT2D eigenvalue weighted by atomic mass is 10.1. The summed E-state index contributed by atoms with van der Waals surface area (Å²) in [5.74, 6) is 1.20. The van der Waals surface area contributed by atoms with Gasteiger partial charge in [-0.2, -0.15) is 0 Å². The summed E-state index contributed by atoms with van der Waals surface area (Å²) in [7, 11) is 0. The van der Waals surface area contributed by atoms with Gasteiger partial charge in [0.2, 0.25) is 5.91 Å². The van der Waals surface area contributed by atoms with E-state index in [1.54, 1.807) is 6.20 Å². The van der Waals surface area contributed by atoms with Crippen LogP contribution >= 0.6 is 0 Å². The molecule has 4 nitrogen and oxygen atoms in total. The lowest BCUT2D eigenvalue weighted by molar-refractivity contribution is -0.135. The minimum atomic E-state index is 0.0661. The molecule has 0 bridgehead atoms. The van der Waals surface area contributed by atoms with Crippen LogP contribution in [-0.4, -0.2) is 22.5 Å². The molecule has 2 heterocycles. The highest BCUT2D eigenvalue weighted by Crippen LogP contribution is 2.19. The summed E-state index contributed by atoms with van der Waals surface area (Å²) in [5.41, 5.74) is 1.05. The molecule has 76 valence electrons. The highest BCUT2D eigenvalue weighted by atomic mass is 16.5. The lowest BCUT2D eigenvalue weighted by Gasteiger charge is -2.27. The van der Waals surface area contributed by atoms with Crippen LogP contribution in [-0.2, 0) is 17.8 Å². The second-order valence-electron chi connectivity index (χ2n) is 3.94. The molecule has 1 aliphatic heterocycles. The molecule has 0 aromatic carbocycles. The third-order valence-electron chi connectivity index (χ3n) is 2.51. The van der Waals surface area contributed by atoms with E-state index in [-0.39, 0.29) is 11.8 Å². The summed E-state index contributed by atoms with van der Waals surface area (Å²) < 4.78 is 5.06. The molecular formula is C10H14N2O2. The van der Waals surface area contributed by atoms with Crippen molar-refractivity contribution in [2.45, 2.75) is 26.8 Å². The van der Waals surface area contributed by atoms with Gasteiger partial charge in [-0.15, -0.1) is 0 Å². The highest BCUT2D eigenvalue weighted by molar-refractivity contribution is 5.78. The fourth-order valence-corrected chi connectivity index (χ4v) is 1.69. The Labute approximate surface area is 82.9 Å². The molecule has 0 radical (unpaired) electrons. The first kappa shape index (κ1) is 9.24. The number of carbonyl (C=O) groups excluding carboxylic acids is 1. The SMILES string of the molecule is CC(C)C(=O)N1CCc2oncc2C1. The number of rotatable bonds is 1. The summed E-state index contributed by atoms with van der Waals surface area (Å²) >= 11 is 0. The second kappa shape index (κ2) is 3.44. The van der Waals surface area contributed by atoms with Crippen molar-refractivity contribution in [1.29, 1.82) is 0 Å². The number of amides is 1. The number of hydrogen-bond donors (Lipinski definition) is 0. The van der Waals surface area contributed by atoms with Crippen molar-refractivity contribution in [2.24, 2.45) is 5.92 Å². The Morgan fingerprint density at radius 2 is 2.43 bits per heavy atom. The third-order valence-corrected chi connectivity index (χ3v) is 2.51. The monoisotopic (exact) mass is 194 g/mol. The number of fused-ring (bicyclic) bond motifs is 1. The molecule has 1 aliphatic rings. The van der Waals surface area contributed by atoms with Crippen LogP contribution in [0.5, 0.6) is 0 Å². The Kier molecular flexibility index (Phi) is 2.27. The molecule has 4 heteroatoms. The Morgan fingerprint density at radius 3 is 3.14 bits per heavy atom. The largest absolute Gasteiger partial charge is 0.361 e. The molecule has 0 fully saturated rings. The van der Waals surface area contributed by atoms with Gasteiger partial charge in [-0.05, 0) is 0 Å². The van der Waals surface area contributed by atoms with Crippen molar-refractivity contribution in [2.75, 3.05) is 6.54 Å². The molecule has 0 atom stereocenters. The number of aromatic nitrogens is 1. The molecule has 0 spiro atoms. The van der Waals surface area contributed by atoms with E-state index in [1.165, 1.54) is 0 Å². The van der Waals surface area contributed by atoms with E-state index < -0.39 is 0 Å². The standard InChI is InChI=1S/C10H14N2O2/c1-7(2)10(13)12-4-3-9-8(6-12)5-11-14-9/h5,7H,3-4,6H2,1-2H3. The average molecular weight is 194 g/mol. The molecule has 0 aliphatic carbocycles. The predicted octanol–water partition coefficient (Wildman–Crippen LogP) is 1.22. The van der Waals surface area contributed by atoms with E-state index >= 15 is 0 Å². The number of hydrogen-bond acceptors (Lipinski definition) is 3. The Bertz CT molecular complexity index is 344. The molecule has 0 N–H and O–H groups in total. The van der Waals surface area contributed by atoms with Gasteiger partial charge >= 0.3 is 0 Å². The Morgan fingerprint density at radius 1 is 1.64 bits per heavy atom. The fraction of sp³-hybridized carbons (Fsp3) is 0.600. The van der Waals surface area contributed by atoms with Crippen LogP contribution in [0.2, 0.25) is 0 Å². The molecule has 0 unspecified atom stereocenters. The zero-order valence-corrected chi connectivity index (χ0v) is 8.49. The molecule has 2 rings (SSSR count). The Balaban J connectivity index is 2.11. The molecule has 1 aromatic rings. The highest BCUT2D eigenvalue weighted by Gasteiger charge is 2.24. The number of nitrogens with zero attached hydrogens (tertiary/aromatic N) is 2. The van der Waals surface area contributed by atoms with Crippen LogP contribution in [0.15, 0.2) is 10.7 Å².